The highest BCUT2D eigenvalue weighted by molar-refractivity contribution is 6.77. The van der Waals surface area contributed by atoms with Crippen LogP contribution in [0.2, 0.25) is 29.2 Å². The minimum Gasteiger partial charge on any atom is -0.479 e. The van der Waals surface area contributed by atoms with Crippen molar-refractivity contribution in [2.75, 3.05) is 27.3 Å². The van der Waals surface area contributed by atoms with Crippen molar-refractivity contribution in [1.29, 1.82) is 0 Å². The molecule has 0 radical (unpaired) electrons. The van der Waals surface area contributed by atoms with E-state index in [9.17, 15) is 9.90 Å². The highest BCUT2D eigenvalue weighted by Gasteiger charge is 2.47. The standard InChI is InChI=1S/C25H55NO5Si2/c1-21(2)33(22(3)4,23(5)6)31-24(25(27)28)20-26-18-16-14-12-10-11-13-15-17-19-32(9,29-7)30-8/h21-24,26H,10-20H2,1-9H3,(H,27,28). The topological polar surface area (TPSA) is 77.0 Å². The Hall–Kier alpha value is -0.256. The van der Waals surface area contributed by atoms with Crippen LogP contribution in [-0.4, -0.2) is 61.4 Å². The first-order valence-electron chi connectivity index (χ1n) is 13.2. The molecule has 2 N–H and O–H groups in total. The average Bonchev–Trinajstić information content (AvgIpc) is 2.75. The fraction of sp³-hybridized carbons (Fsp3) is 0.960. The third kappa shape index (κ3) is 11.8. The number of hydrogen-bond donors (Lipinski definition) is 2. The highest BCUT2D eigenvalue weighted by Crippen LogP contribution is 2.43. The molecule has 0 aromatic rings. The highest BCUT2D eigenvalue weighted by atomic mass is 28.4. The van der Waals surface area contributed by atoms with E-state index in [1.54, 1.807) is 14.2 Å². The molecule has 0 saturated carbocycles. The van der Waals surface area contributed by atoms with Crippen LogP contribution in [0.25, 0.3) is 0 Å². The van der Waals surface area contributed by atoms with Crippen molar-refractivity contribution in [3.05, 3.63) is 0 Å². The van der Waals surface area contributed by atoms with Gasteiger partial charge in [0.1, 0.15) is 0 Å². The first-order valence-corrected chi connectivity index (χ1v) is 17.8. The maximum Gasteiger partial charge on any atom is 0.334 e. The largest absolute Gasteiger partial charge is 0.479 e. The maximum atomic E-state index is 11.9. The Bertz CT molecular complexity index is 491. The summed E-state index contributed by atoms with van der Waals surface area (Å²) in [5.41, 5.74) is 1.14. The van der Waals surface area contributed by atoms with Gasteiger partial charge in [-0.15, -0.1) is 0 Å². The molecule has 6 nitrogen and oxygen atoms in total. The van der Waals surface area contributed by atoms with Crippen molar-refractivity contribution < 1.29 is 23.2 Å². The van der Waals surface area contributed by atoms with Gasteiger partial charge in [0.15, 0.2) is 6.10 Å². The molecule has 0 aliphatic rings. The number of aliphatic carboxylic acids is 1. The molecule has 0 aliphatic carbocycles. The smallest absolute Gasteiger partial charge is 0.334 e. The number of nitrogens with one attached hydrogen (secondary N) is 1. The van der Waals surface area contributed by atoms with E-state index in [-0.39, 0.29) is 0 Å². The zero-order valence-corrected chi connectivity index (χ0v) is 25.2. The second-order valence-electron chi connectivity index (χ2n) is 10.6. The molecule has 0 aromatic heterocycles. The fourth-order valence-corrected chi connectivity index (χ4v) is 12.1. The van der Waals surface area contributed by atoms with Crippen LogP contribution in [0, 0.1) is 0 Å². The average molecular weight is 506 g/mol. The molecule has 0 saturated heterocycles. The minimum atomic E-state index is -2.20. The lowest BCUT2D eigenvalue weighted by molar-refractivity contribution is -0.145. The Morgan fingerprint density at radius 3 is 1.61 bits per heavy atom. The fourth-order valence-electron chi connectivity index (χ4n) is 5.11. The van der Waals surface area contributed by atoms with Gasteiger partial charge in [0, 0.05) is 20.8 Å². The van der Waals surface area contributed by atoms with Gasteiger partial charge in [0.25, 0.3) is 0 Å². The van der Waals surface area contributed by atoms with Crippen LogP contribution in [0.5, 0.6) is 0 Å². The van der Waals surface area contributed by atoms with Crippen molar-refractivity contribution in [2.45, 2.75) is 128 Å². The molecule has 8 heteroatoms. The minimum absolute atomic E-state index is 0.380. The quantitative estimate of drug-likeness (QED) is 0.133. The lowest BCUT2D eigenvalue weighted by Gasteiger charge is -2.43. The van der Waals surface area contributed by atoms with E-state index in [4.69, 9.17) is 13.3 Å². The van der Waals surface area contributed by atoms with Gasteiger partial charge in [-0.3, -0.25) is 0 Å². The van der Waals surface area contributed by atoms with E-state index >= 15 is 0 Å². The summed E-state index contributed by atoms with van der Waals surface area (Å²) in [6, 6.07) is 1.07. The van der Waals surface area contributed by atoms with Crippen LogP contribution >= 0.6 is 0 Å². The number of carboxylic acid groups (broad SMARTS) is 1. The molecule has 0 fully saturated rings. The zero-order chi connectivity index (χ0) is 25.5. The van der Waals surface area contributed by atoms with Gasteiger partial charge in [-0.05, 0) is 42.2 Å². The van der Waals surface area contributed by atoms with Crippen molar-refractivity contribution in [3.63, 3.8) is 0 Å². The molecule has 0 heterocycles. The summed E-state index contributed by atoms with van der Waals surface area (Å²) in [7, 11) is -0.567. The summed E-state index contributed by atoms with van der Waals surface area (Å²) in [4.78, 5) is 11.9. The molecular formula is C25H55NO5Si2. The summed E-state index contributed by atoms with van der Waals surface area (Å²) < 4.78 is 17.5. The third-order valence-corrected chi connectivity index (χ3v) is 16.4. The van der Waals surface area contributed by atoms with Crippen LogP contribution in [0.3, 0.4) is 0 Å². The summed E-state index contributed by atoms with van der Waals surface area (Å²) in [6.07, 6.45) is 9.03. The molecule has 0 aliphatic heterocycles. The number of hydrogen-bond acceptors (Lipinski definition) is 5. The summed E-state index contributed by atoms with van der Waals surface area (Å²) in [6.45, 7) is 16.5. The Labute approximate surface area is 206 Å². The SMILES string of the molecule is CO[Si](C)(CCCCCCCCCCNCC(O[Si](C(C)C)(C(C)C)C(C)C)C(=O)O)OC. The molecule has 0 amide bonds. The Kier molecular flexibility index (Phi) is 17.1. The van der Waals surface area contributed by atoms with Gasteiger partial charge >= 0.3 is 14.5 Å². The summed E-state index contributed by atoms with van der Waals surface area (Å²) in [5, 5.41) is 13.1. The van der Waals surface area contributed by atoms with Crippen LogP contribution in [-0.2, 0) is 18.1 Å². The normalized spacial score (nSPS) is 13.9. The van der Waals surface area contributed by atoms with Crippen molar-refractivity contribution in [2.24, 2.45) is 0 Å². The van der Waals surface area contributed by atoms with Gasteiger partial charge in [-0.25, -0.2) is 4.79 Å². The van der Waals surface area contributed by atoms with E-state index in [1.807, 2.05) is 0 Å². The lowest BCUT2D eigenvalue weighted by atomic mass is 10.1. The second kappa shape index (κ2) is 17.2. The van der Waals surface area contributed by atoms with E-state index < -0.39 is 29.0 Å². The third-order valence-electron chi connectivity index (χ3n) is 7.26. The lowest BCUT2D eigenvalue weighted by Crippen LogP contribution is -2.53. The first-order chi connectivity index (χ1) is 15.5. The number of carboxylic acids is 1. The molecule has 0 aromatic carbocycles. The maximum absolute atomic E-state index is 11.9. The zero-order valence-electron chi connectivity index (χ0n) is 23.2. The molecule has 0 bridgehead atoms. The Morgan fingerprint density at radius 2 is 1.21 bits per heavy atom. The molecule has 0 spiro atoms. The van der Waals surface area contributed by atoms with Crippen LogP contribution in [0.4, 0.5) is 0 Å². The number of rotatable bonds is 21. The predicted molar refractivity (Wildman–Crippen MR) is 144 cm³/mol. The van der Waals surface area contributed by atoms with Crippen LogP contribution in [0.15, 0.2) is 0 Å². The van der Waals surface area contributed by atoms with Gasteiger partial charge < -0.3 is 23.7 Å². The van der Waals surface area contributed by atoms with Gasteiger partial charge in [0.05, 0.1) is 0 Å². The van der Waals surface area contributed by atoms with E-state index in [1.165, 1.54) is 44.9 Å². The molecule has 0 rings (SSSR count). The van der Waals surface area contributed by atoms with Gasteiger partial charge in [-0.2, -0.15) is 0 Å². The van der Waals surface area contributed by atoms with Crippen LogP contribution < -0.4 is 5.32 Å². The molecule has 198 valence electrons. The monoisotopic (exact) mass is 505 g/mol. The first kappa shape index (κ1) is 32.7. The number of unbranched alkanes of at least 4 members (excludes halogenated alkanes) is 7. The van der Waals surface area contributed by atoms with Gasteiger partial charge in [0.2, 0.25) is 8.32 Å². The van der Waals surface area contributed by atoms with Crippen molar-refractivity contribution >= 4 is 22.8 Å². The Balaban J connectivity index is 4.10. The van der Waals surface area contributed by atoms with E-state index in [2.05, 4.69) is 53.4 Å². The van der Waals surface area contributed by atoms with E-state index in [0.29, 0.717) is 23.2 Å². The second-order valence-corrected chi connectivity index (χ2v) is 19.6. The molecule has 33 heavy (non-hydrogen) atoms. The molecular weight excluding hydrogens is 450 g/mol. The summed E-state index contributed by atoms with van der Waals surface area (Å²) >= 11 is 0. The van der Waals surface area contributed by atoms with E-state index in [0.717, 1.165) is 19.0 Å². The van der Waals surface area contributed by atoms with Crippen molar-refractivity contribution in [1.82, 2.24) is 5.32 Å². The Morgan fingerprint density at radius 1 is 0.788 bits per heavy atom. The van der Waals surface area contributed by atoms with Crippen molar-refractivity contribution in [3.8, 4) is 0 Å². The predicted octanol–water partition coefficient (Wildman–Crippen LogP) is 6.71. The number of carbonyl (C=O) groups is 1. The summed E-state index contributed by atoms with van der Waals surface area (Å²) in [5.74, 6) is -0.847. The van der Waals surface area contributed by atoms with Crippen LogP contribution in [0.1, 0.15) is 92.9 Å². The van der Waals surface area contributed by atoms with Gasteiger partial charge in [-0.1, -0.05) is 86.5 Å². The molecule has 1 atom stereocenters. The molecule has 1 unspecified atom stereocenters.